The van der Waals surface area contributed by atoms with Gasteiger partial charge in [0, 0.05) is 18.7 Å². The molecule has 1 fully saturated rings. The lowest BCUT2D eigenvalue weighted by Gasteiger charge is -2.31. The van der Waals surface area contributed by atoms with Crippen molar-refractivity contribution in [2.24, 2.45) is 11.8 Å². The molecule has 0 aliphatic carbocycles. The van der Waals surface area contributed by atoms with Gasteiger partial charge in [-0.25, -0.2) is 0 Å². The van der Waals surface area contributed by atoms with Crippen molar-refractivity contribution in [2.45, 2.75) is 25.8 Å². The van der Waals surface area contributed by atoms with Crippen molar-refractivity contribution in [3.05, 3.63) is 60.3 Å². The van der Waals surface area contributed by atoms with Gasteiger partial charge in [-0.3, -0.25) is 9.78 Å². The summed E-state index contributed by atoms with van der Waals surface area (Å²) in [5, 5.41) is 10.6. The van der Waals surface area contributed by atoms with Crippen LogP contribution in [0.1, 0.15) is 24.3 Å². The highest BCUT2D eigenvalue weighted by Crippen LogP contribution is 2.27. The van der Waals surface area contributed by atoms with Crippen LogP contribution >= 0.6 is 0 Å². The Labute approximate surface area is 163 Å². The van der Waals surface area contributed by atoms with E-state index in [1.807, 2.05) is 36.4 Å². The van der Waals surface area contributed by atoms with E-state index in [1.165, 1.54) is 0 Å². The molecule has 1 saturated heterocycles. The lowest BCUT2D eigenvalue weighted by Crippen LogP contribution is -2.40. The summed E-state index contributed by atoms with van der Waals surface area (Å²) in [7, 11) is 0. The normalized spacial score (nSPS) is 19.4. The van der Waals surface area contributed by atoms with E-state index in [4.69, 9.17) is 8.94 Å². The fourth-order valence-corrected chi connectivity index (χ4v) is 3.70. The molecule has 2 N–H and O–H groups in total. The number of carbonyl (C=O) groups is 1. The zero-order valence-electron chi connectivity index (χ0n) is 15.6. The number of pyridine rings is 1. The molecule has 7 nitrogen and oxygen atoms in total. The molecule has 0 spiro atoms. The highest BCUT2D eigenvalue weighted by Gasteiger charge is 2.28. The maximum Gasteiger partial charge on any atom is 0.220 e. The summed E-state index contributed by atoms with van der Waals surface area (Å²) in [6.45, 7) is 2.24. The minimum absolute atomic E-state index is 0.0580. The van der Waals surface area contributed by atoms with Gasteiger partial charge in [-0.15, -0.1) is 0 Å². The Balaban J connectivity index is 1.34. The molecule has 4 heterocycles. The van der Waals surface area contributed by atoms with E-state index in [-0.39, 0.29) is 5.91 Å². The molecule has 1 amide bonds. The smallest absolute Gasteiger partial charge is 0.220 e. The number of nitrogens with zero attached hydrogens (tertiary/aromatic N) is 2. The van der Waals surface area contributed by atoms with Crippen molar-refractivity contribution in [3.63, 3.8) is 0 Å². The summed E-state index contributed by atoms with van der Waals surface area (Å²) < 4.78 is 10.7. The second kappa shape index (κ2) is 8.84. The Morgan fingerprint density at radius 2 is 2.21 bits per heavy atom. The van der Waals surface area contributed by atoms with E-state index in [0.29, 0.717) is 30.6 Å². The van der Waals surface area contributed by atoms with Crippen molar-refractivity contribution >= 4 is 5.91 Å². The van der Waals surface area contributed by atoms with Crippen LogP contribution in [0.15, 0.2) is 57.8 Å². The first kappa shape index (κ1) is 18.4. The van der Waals surface area contributed by atoms with Crippen molar-refractivity contribution in [2.75, 3.05) is 13.1 Å². The standard InChI is InChI=1S/C21H24N4O3/c26-21(24-14-18-4-3-9-27-18)11-15-6-8-22-13-16(15)10-17-12-20(28-25-17)19-5-1-2-7-23-19/h1-5,7,9,12,15-16,22H,6,8,10-11,13-14H2,(H,24,26). The quantitative estimate of drug-likeness (QED) is 0.655. The largest absolute Gasteiger partial charge is 0.467 e. The molecule has 7 heteroatoms. The van der Waals surface area contributed by atoms with Crippen molar-refractivity contribution < 1.29 is 13.7 Å². The summed E-state index contributed by atoms with van der Waals surface area (Å²) in [4.78, 5) is 16.7. The summed E-state index contributed by atoms with van der Waals surface area (Å²) in [6, 6.07) is 11.3. The molecule has 0 bridgehead atoms. The van der Waals surface area contributed by atoms with Gasteiger partial charge in [-0.05, 0) is 62.0 Å². The summed E-state index contributed by atoms with van der Waals surface area (Å²) in [5.41, 5.74) is 1.67. The highest BCUT2D eigenvalue weighted by atomic mass is 16.5. The van der Waals surface area contributed by atoms with Gasteiger partial charge in [-0.1, -0.05) is 11.2 Å². The third-order valence-corrected chi connectivity index (χ3v) is 5.20. The first-order chi connectivity index (χ1) is 13.8. The minimum Gasteiger partial charge on any atom is -0.467 e. The summed E-state index contributed by atoms with van der Waals surface area (Å²) in [6.07, 6.45) is 5.61. The molecule has 0 radical (unpaired) electrons. The molecule has 4 rings (SSSR count). The molecule has 2 atom stereocenters. The lowest BCUT2D eigenvalue weighted by atomic mass is 9.81. The van der Waals surface area contributed by atoms with Crippen LogP contribution in [0.25, 0.3) is 11.5 Å². The van der Waals surface area contributed by atoms with Gasteiger partial charge in [-0.2, -0.15) is 0 Å². The number of aromatic nitrogens is 2. The van der Waals surface area contributed by atoms with E-state index in [1.54, 1.807) is 12.5 Å². The summed E-state index contributed by atoms with van der Waals surface area (Å²) >= 11 is 0. The summed E-state index contributed by atoms with van der Waals surface area (Å²) in [5.74, 6) is 2.15. The first-order valence-corrected chi connectivity index (χ1v) is 9.65. The van der Waals surface area contributed by atoms with Crippen LogP contribution in [0, 0.1) is 11.8 Å². The average Bonchev–Trinajstić information content (AvgIpc) is 3.41. The van der Waals surface area contributed by atoms with Crippen LogP contribution in [-0.2, 0) is 17.8 Å². The van der Waals surface area contributed by atoms with Gasteiger partial charge >= 0.3 is 0 Å². The molecule has 146 valence electrons. The molecule has 28 heavy (non-hydrogen) atoms. The number of hydrogen-bond donors (Lipinski definition) is 2. The van der Waals surface area contributed by atoms with Crippen LogP contribution in [0.4, 0.5) is 0 Å². The topological polar surface area (TPSA) is 93.2 Å². The number of furan rings is 1. The average molecular weight is 380 g/mol. The molecule has 3 aromatic rings. The lowest BCUT2D eigenvalue weighted by molar-refractivity contribution is -0.122. The van der Waals surface area contributed by atoms with Gasteiger partial charge in [0.15, 0.2) is 5.76 Å². The van der Waals surface area contributed by atoms with Gasteiger partial charge in [0.25, 0.3) is 0 Å². The van der Waals surface area contributed by atoms with Gasteiger partial charge in [0.1, 0.15) is 11.5 Å². The van der Waals surface area contributed by atoms with Crippen LogP contribution < -0.4 is 10.6 Å². The second-order valence-electron chi connectivity index (χ2n) is 7.17. The minimum atomic E-state index is 0.0580. The fraction of sp³-hybridized carbons (Fsp3) is 0.381. The molecule has 2 unspecified atom stereocenters. The van der Waals surface area contributed by atoms with Gasteiger partial charge in [0.05, 0.1) is 18.5 Å². The third kappa shape index (κ3) is 4.67. The Kier molecular flexibility index (Phi) is 5.82. The Morgan fingerprint density at radius 3 is 3.04 bits per heavy atom. The number of hydrogen-bond acceptors (Lipinski definition) is 6. The van der Waals surface area contributed by atoms with Crippen molar-refractivity contribution in [1.82, 2.24) is 20.8 Å². The zero-order chi connectivity index (χ0) is 19.2. The number of rotatable bonds is 7. The van der Waals surface area contributed by atoms with Gasteiger partial charge in [0.2, 0.25) is 5.91 Å². The van der Waals surface area contributed by atoms with Gasteiger partial charge < -0.3 is 19.6 Å². The van der Waals surface area contributed by atoms with Crippen LogP contribution in [0.2, 0.25) is 0 Å². The van der Waals surface area contributed by atoms with E-state index in [9.17, 15) is 4.79 Å². The number of nitrogens with one attached hydrogen (secondary N) is 2. The zero-order valence-corrected chi connectivity index (χ0v) is 15.6. The molecule has 0 saturated carbocycles. The molecular formula is C21H24N4O3. The highest BCUT2D eigenvalue weighted by molar-refractivity contribution is 5.76. The molecule has 0 aromatic carbocycles. The Bertz CT molecular complexity index is 876. The fourth-order valence-electron chi connectivity index (χ4n) is 3.70. The third-order valence-electron chi connectivity index (χ3n) is 5.20. The Hall–Kier alpha value is -2.93. The maximum atomic E-state index is 12.4. The number of carbonyl (C=O) groups excluding carboxylic acids is 1. The number of piperidine rings is 1. The van der Waals surface area contributed by atoms with Crippen LogP contribution in [0.3, 0.4) is 0 Å². The number of amides is 1. The Morgan fingerprint density at radius 1 is 1.25 bits per heavy atom. The van der Waals surface area contributed by atoms with E-state index >= 15 is 0 Å². The van der Waals surface area contributed by atoms with E-state index in [2.05, 4.69) is 20.8 Å². The SMILES string of the molecule is O=C(CC1CCNCC1Cc1cc(-c2ccccn2)on1)NCc1ccco1. The van der Waals surface area contributed by atoms with E-state index < -0.39 is 0 Å². The monoisotopic (exact) mass is 380 g/mol. The predicted molar refractivity (Wildman–Crippen MR) is 103 cm³/mol. The van der Waals surface area contributed by atoms with Crippen molar-refractivity contribution in [3.8, 4) is 11.5 Å². The molecule has 1 aliphatic rings. The molecule has 1 aliphatic heterocycles. The van der Waals surface area contributed by atoms with Crippen molar-refractivity contribution in [1.29, 1.82) is 0 Å². The predicted octanol–water partition coefficient (Wildman–Crippen LogP) is 2.80. The maximum absolute atomic E-state index is 12.4. The van der Waals surface area contributed by atoms with E-state index in [0.717, 1.165) is 43.1 Å². The first-order valence-electron chi connectivity index (χ1n) is 9.65. The van der Waals surface area contributed by atoms with Crippen LogP contribution in [0.5, 0.6) is 0 Å². The molecular weight excluding hydrogens is 356 g/mol. The second-order valence-corrected chi connectivity index (χ2v) is 7.17. The molecule has 3 aromatic heterocycles. The van der Waals surface area contributed by atoms with Crippen LogP contribution in [-0.4, -0.2) is 29.1 Å².